The summed E-state index contributed by atoms with van der Waals surface area (Å²) in [5, 5.41) is 0. The SMILES string of the molecule is CCCCC/C=C/CC1OC1CCCCCCCC(=O)OCC(COC(=O)CCCCCCCC1OC1CCCCCCCC)OC(=O)CCCCCCCC1OC1CC1OC1CCCCC.CCCCCCC1C=CC(/C=C/CCCCCC(=O)OCC2CO2)C(C(=O)OCC2CO2)C1. The minimum absolute atomic E-state index is 0.0850. The van der Waals surface area contributed by atoms with Crippen LogP contribution in [-0.4, -0.2) is 137 Å². The van der Waals surface area contributed by atoms with Gasteiger partial charge in [0.25, 0.3) is 0 Å². The average molecular weight is 1410 g/mol. The molecule has 6 heterocycles. The third-order valence-corrected chi connectivity index (χ3v) is 21.0. The fourth-order valence-corrected chi connectivity index (χ4v) is 14.0. The summed E-state index contributed by atoms with van der Waals surface area (Å²) in [4.78, 5) is 62.8. The van der Waals surface area contributed by atoms with Gasteiger partial charge in [0, 0.05) is 38.0 Å². The van der Waals surface area contributed by atoms with Crippen LogP contribution in [0.25, 0.3) is 0 Å². The van der Waals surface area contributed by atoms with Crippen molar-refractivity contribution in [1.29, 1.82) is 0 Å². The topological polar surface area (TPSA) is 207 Å². The summed E-state index contributed by atoms with van der Waals surface area (Å²) in [6, 6.07) is 0. The molecule has 1 aliphatic carbocycles. The van der Waals surface area contributed by atoms with E-state index in [0.29, 0.717) is 107 Å². The Balaban J connectivity index is 0.000000397. The van der Waals surface area contributed by atoms with Gasteiger partial charge in [0.2, 0.25) is 0 Å². The van der Waals surface area contributed by atoms with Crippen LogP contribution in [0.5, 0.6) is 0 Å². The minimum atomic E-state index is -0.806. The number of epoxide rings is 6. The summed E-state index contributed by atoms with van der Waals surface area (Å²) in [6.45, 7) is 11.0. The summed E-state index contributed by atoms with van der Waals surface area (Å²) in [6.07, 6.45) is 68.6. The molecule has 7 aliphatic rings. The summed E-state index contributed by atoms with van der Waals surface area (Å²) in [5.41, 5.74) is 0. The molecular weight excluding hydrogens is 1260 g/mol. The molecule has 0 aromatic heterocycles. The highest BCUT2D eigenvalue weighted by Crippen LogP contribution is 2.40. The molecule has 0 N–H and O–H groups in total. The number of allylic oxidation sites excluding steroid dienone is 5. The maximum absolute atomic E-state index is 12.9. The van der Waals surface area contributed by atoms with E-state index in [1.807, 2.05) is 0 Å². The fraction of sp³-hybridized carbons (Fsp3) is 0.869. The summed E-state index contributed by atoms with van der Waals surface area (Å²) < 4.78 is 61.4. The lowest BCUT2D eigenvalue weighted by Crippen LogP contribution is -2.30. The smallest absolute Gasteiger partial charge is 0.309 e. The zero-order valence-corrected chi connectivity index (χ0v) is 63.5. The summed E-state index contributed by atoms with van der Waals surface area (Å²) in [7, 11) is 0. The molecule has 0 aromatic carbocycles. The lowest BCUT2D eigenvalue weighted by atomic mass is 9.77. The van der Waals surface area contributed by atoms with E-state index >= 15 is 0 Å². The Labute approximate surface area is 606 Å². The molecule has 14 atom stereocenters. The van der Waals surface area contributed by atoms with E-state index in [2.05, 4.69) is 64.2 Å². The molecule has 16 heteroatoms. The van der Waals surface area contributed by atoms with E-state index in [-0.39, 0.29) is 67.1 Å². The van der Waals surface area contributed by atoms with Crippen molar-refractivity contribution < 1.29 is 76.1 Å². The number of rotatable bonds is 65. The maximum Gasteiger partial charge on any atom is 0.309 e. The number of ether oxygens (including phenoxy) is 11. The molecule has 0 radical (unpaired) electrons. The highest BCUT2D eigenvalue weighted by atomic mass is 16.6. The summed E-state index contributed by atoms with van der Waals surface area (Å²) in [5.74, 6) is -0.697. The highest BCUT2D eigenvalue weighted by molar-refractivity contribution is 5.74. The minimum Gasteiger partial charge on any atom is -0.463 e. The van der Waals surface area contributed by atoms with Crippen molar-refractivity contribution in [2.24, 2.45) is 17.8 Å². The average Bonchev–Trinajstić information content (AvgIpc) is 1.63. The molecule has 574 valence electrons. The number of hydrogen-bond acceptors (Lipinski definition) is 16. The normalized spacial score (nSPS) is 25.5. The third-order valence-electron chi connectivity index (χ3n) is 21.0. The zero-order valence-electron chi connectivity index (χ0n) is 63.5. The Morgan fingerprint density at radius 3 is 1.31 bits per heavy atom. The number of hydrogen-bond donors (Lipinski definition) is 0. The van der Waals surface area contributed by atoms with Crippen LogP contribution in [0.2, 0.25) is 0 Å². The van der Waals surface area contributed by atoms with Crippen LogP contribution in [0.15, 0.2) is 36.5 Å². The van der Waals surface area contributed by atoms with Gasteiger partial charge in [0.1, 0.15) is 38.6 Å². The molecule has 14 unspecified atom stereocenters. The van der Waals surface area contributed by atoms with Crippen LogP contribution in [0.1, 0.15) is 342 Å². The molecule has 6 aliphatic heterocycles. The second kappa shape index (κ2) is 54.0. The van der Waals surface area contributed by atoms with E-state index in [1.54, 1.807) is 0 Å². The fourth-order valence-electron chi connectivity index (χ4n) is 14.0. The van der Waals surface area contributed by atoms with Crippen molar-refractivity contribution in [3.8, 4) is 0 Å². The Bertz CT molecular complexity index is 2240. The third kappa shape index (κ3) is 42.9. The molecule has 6 saturated heterocycles. The van der Waals surface area contributed by atoms with Gasteiger partial charge in [-0.3, -0.25) is 24.0 Å². The van der Waals surface area contributed by atoms with Gasteiger partial charge in [-0.1, -0.05) is 244 Å². The number of unbranched alkanes of at least 4 members (excludes halogenated alkanes) is 28. The Hall–Kier alpha value is -3.67. The quantitative estimate of drug-likeness (QED) is 0.0182. The van der Waals surface area contributed by atoms with Gasteiger partial charge in [-0.05, 0) is 109 Å². The molecule has 0 bridgehead atoms. The maximum atomic E-state index is 12.9. The Morgan fingerprint density at radius 1 is 0.390 bits per heavy atom. The predicted octanol–water partition coefficient (Wildman–Crippen LogP) is 19.6. The molecule has 16 nitrogen and oxygen atoms in total. The Morgan fingerprint density at radius 2 is 0.770 bits per heavy atom. The van der Waals surface area contributed by atoms with Gasteiger partial charge < -0.3 is 52.1 Å². The van der Waals surface area contributed by atoms with Crippen molar-refractivity contribution in [3.63, 3.8) is 0 Å². The van der Waals surface area contributed by atoms with Gasteiger partial charge in [-0.25, -0.2) is 0 Å². The summed E-state index contributed by atoms with van der Waals surface area (Å²) >= 11 is 0. The monoisotopic (exact) mass is 1410 g/mol. The molecule has 0 aromatic rings. The molecule has 100 heavy (non-hydrogen) atoms. The van der Waals surface area contributed by atoms with Crippen LogP contribution in [0.3, 0.4) is 0 Å². The van der Waals surface area contributed by atoms with Crippen LogP contribution in [0.4, 0.5) is 0 Å². The highest BCUT2D eigenvalue weighted by Gasteiger charge is 2.47. The number of carbonyl (C=O) groups is 5. The van der Waals surface area contributed by atoms with Crippen LogP contribution < -0.4 is 0 Å². The van der Waals surface area contributed by atoms with E-state index in [9.17, 15) is 24.0 Å². The molecule has 6 fully saturated rings. The number of carbonyl (C=O) groups excluding carboxylic acids is 5. The van der Waals surface area contributed by atoms with E-state index < -0.39 is 6.10 Å². The van der Waals surface area contributed by atoms with Crippen LogP contribution >= 0.6 is 0 Å². The van der Waals surface area contributed by atoms with E-state index in [0.717, 1.165) is 161 Å². The standard InChI is InChI=1S/C57H100O10.C27H42O6/c1-4-7-10-12-17-26-35-47-49(64-47)37-28-19-14-22-31-40-55(58)61-44-46(45-62-56(59)41-32-23-15-20-29-38-50-48(65-50)36-27-18-13-11-8-5-2)63-57(60)42-33-24-16-21-30-39-52-54(67-52)43-53-51(66-53)34-25-9-6-3;1-2-3-4-8-11-21-14-15-22(25(16-21)27(29)33-20-24-18-31-24)12-9-6-5-7-10-13-26(28)32-19-23-17-30-23/h17,26,46-54H,4-16,18-25,27-45H2,1-3H3;9,12,14-15,21-25H,2-8,10-11,13,16-20H2,1H3/b26-17+;12-9+. The van der Waals surface area contributed by atoms with Crippen LogP contribution in [-0.2, 0) is 76.1 Å². The first-order chi connectivity index (χ1) is 49.0. The molecular formula is C84H142O16. The molecule has 7 rings (SSSR count). The lowest BCUT2D eigenvalue weighted by Gasteiger charge is -2.29. The first-order valence-electron chi connectivity index (χ1n) is 41.7. The number of esters is 5. The molecule has 0 saturated carbocycles. The van der Waals surface area contributed by atoms with Crippen molar-refractivity contribution in [2.45, 2.75) is 409 Å². The van der Waals surface area contributed by atoms with Gasteiger partial charge in [0.15, 0.2) is 6.10 Å². The molecule has 0 spiro atoms. The second-order valence-corrected chi connectivity index (χ2v) is 30.4. The van der Waals surface area contributed by atoms with Crippen molar-refractivity contribution >= 4 is 29.8 Å². The van der Waals surface area contributed by atoms with Gasteiger partial charge >= 0.3 is 29.8 Å². The van der Waals surface area contributed by atoms with Gasteiger partial charge in [0.05, 0.1) is 68.0 Å². The van der Waals surface area contributed by atoms with Crippen molar-refractivity contribution in [2.75, 3.05) is 39.6 Å². The van der Waals surface area contributed by atoms with Crippen LogP contribution in [0, 0.1) is 17.8 Å². The lowest BCUT2D eigenvalue weighted by molar-refractivity contribution is -0.167. The van der Waals surface area contributed by atoms with Gasteiger partial charge in [-0.15, -0.1) is 0 Å². The largest absolute Gasteiger partial charge is 0.463 e. The van der Waals surface area contributed by atoms with E-state index in [4.69, 9.17) is 52.1 Å². The van der Waals surface area contributed by atoms with Crippen molar-refractivity contribution in [1.82, 2.24) is 0 Å². The molecule has 0 amide bonds. The first-order valence-corrected chi connectivity index (χ1v) is 41.7. The zero-order chi connectivity index (χ0) is 70.9. The van der Waals surface area contributed by atoms with Crippen molar-refractivity contribution in [3.05, 3.63) is 36.5 Å². The Kier molecular flexibility index (Phi) is 46.0. The van der Waals surface area contributed by atoms with E-state index in [1.165, 1.54) is 128 Å². The van der Waals surface area contributed by atoms with Gasteiger partial charge in [-0.2, -0.15) is 0 Å². The first kappa shape index (κ1) is 85.3. The predicted molar refractivity (Wildman–Crippen MR) is 395 cm³/mol. The second-order valence-electron chi connectivity index (χ2n) is 30.4.